The van der Waals surface area contributed by atoms with E-state index in [-0.39, 0.29) is 51.1 Å². The second-order valence-corrected chi connectivity index (χ2v) is 21.1. The zero-order chi connectivity index (χ0) is 38.3. The predicted octanol–water partition coefficient (Wildman–Crippen LogP) is 7.04. The summed E-state index contributed by atoms with van der Waals surface area (Å²) in [6.07, 6.45) is 1.69. The van der Waals surface area contributed by atoms with Gasteiger partial charge in [-0.25, -0.2) is 9.18 Å². The van der Waals surface area contributed by atoms with Crippen LogP contribution in [0.2, 0.25) is 10.2 Å². The predicted molar refractivity (Wildman–Crippen MR) is 211 cm³/mol. The third-order valence-electron chi connectivity index (χ3n) is 10.6. The minimum atomic E-state index is -2.78. The van der Waals surface area contributed by atoms with Crippen molar-refractivity contribution in [1.29, 1.82) is 0 Å². The molecule has 0 spiro atoms. The maximum atomic E-state index is 16.1. The molecule has 2 aliphatic rings. The smallest absolute Gasteiger partial charge is 0.410 e. The fourth-order valence-electron chi connectivity index (χ4n) is 8.34. The lowest BCUT2D eigenvalue weighted by Crippen LogP contribution is -2.66. The summed E-state index contributed by atoms with van der Waals surface area (Å²) in [5.41, 5.74) is 0.0301. The Hall–Kier alpha value is -3.77. The van der Waals surface area contributed by atoms with Gasteiger partial charge in [0.05, 0.1) is 12.1 Å². The van der Waals surface area contributed by atoms with Gasteiger partial charge in [0.15, 0.2) is 11.0 Å². The molecule has 2 aromatic heterocycles. The lowest BCUT2D eigenvalue weighted by atomic mass is 9.99. The third-order valence-corrected chi connectivity index (χ3v) is 15.9. The number of halogens is 2. The first kappa shape index (κ1) is 38.9. The van der Waals surface area contributed by atoms with Crippen LogP contribution in [0.1, 0.15) is 79.0 Å². The molecule has 2 saturated heterocycles. The zero-order valence-electron chi connectivity index (χ0n) is 32.0. The van der Waals surface area contributed by atoms with Crippen molar-refractivity contribution < 1.29 is 23.1 Å². The number of amides is 1. The molecule has 1 amide bonds. The first-order valence-corrected chi connectivity index (χ1v) is 20.9. The number of nitrogens with zero attached hydrogens (tertiary/aromatic N) is 2. The number of H-pyrrole nitrogens is 1. The number of carbonyl (C=O) groups excluding carboxylic acids is 1. The Labute approximate surface area is 317 Å². The lowest BCUT2D eigenvalue weighted by molar-refractivity contribution is -0.00493. The van der Waals surface area contributed by atoms with Gasteiger partial charge in [-0.3, -0.25) is 9.69 Å². The van der Waals surface area contributed by atoms with Gasteiger partial charge in [0, 0.05) is 30.3 Å². The fraction of sp³-hybridized carbons (Fsp3) is 0.488. The Morgan fingerprint density at radius 2 is 1.64 bits per heavy atom. The number of aryl methyl sites for hydroxylation is 2. The minimum absolute atomic E-state index is 0.0105. The minimum Gasteiger partial charge on any atom is -0.472 e. The highest BCUT2D eigenvalue weighted by atomic mass is 35.5. The second kappa shape index (κ2) is 15.2. The molecule has 2 fully saturated rings. The van der Waals surface area contributed by atoms with Crippen molar-refractivity contribution in [3.63, 3.8) is 0 Å². The summed E-state index contributed by atoms with van der Waals surface area (Å²) in [4.78, 5) is 35.8. The summed E-state index contributed by atoms with van der Waals surface area (Å²) in [5.74, 6) is -0.806. The topological polar surface area (TPSA) is 106 Å². The Morgan fingerprint density at radius 3 is 2.23 bits per heavy atom. The van der Waals surface area contributed by atoms with Crippen molar-refractivity contribution in [3.05, 3.63) is 93.2 Å². The van der Waals surface area contributed by atoms with Gasteiger partial charge in [-0.2, -0.15) is 4.98 Å². The van der Waals surface area contributed by atoms with Crippen LogP contribution >= 0.6 is 11.6 Å². The largest absolute Gasteiger partial charge is 0.472 e. The number of pyridine rings is 2. The van der Waals surface area contributed by atoms with E-state index in [9.17, 15) is 9.59 Å². The summed E-state index contributed by atoms with van der Waals surface area (Å²) in [5, 5.41) is 5.44. The van der Waals surface area contributed by atoms with Crippen molar-refractivity contribution in [2.45, 2.75) is 116 Å². The van der Waals surface area contributed by atoms with Gasteiger partial charge in [-0.1, -0.05) is 93.0 Å². The Bertz CT molecular complexity index is 1960. The molecule has 0 saturated carbocycles. The van der Waals surface area contributed by atoms with E-state index in [4.69, 9.17) is 25.5 Å². The van der Waals surface area contributed by atoms with Crippen LogP contribution < -0.4 is 26.0 Å². The van der Waals surface area contributed by atoms with Crippen molar-refractivity contribution in [2.75, 3.05) is 13.2 Å². The first-order chi connectivity index (χ1) is 25.0. The van der Waals surface area contributed by atoms with Crippen molar-refractivity contribution in [1.82, 2.24) is 20.2 Å². The van der Waals surface area contributed by atoms with Gasteiger partial charge < -0.3 is 24.2 Å². The second-order valence-electron chi connectivity index (χ2n) is 16.4. The number of aromatic nitrogens is 2. The molecule has 9 nitrogen and oxygen atoms in total. The molecule has 4 heterocycles. The van der Waals surface area contributed by atoms with Gasteiger partial charge in [-0.05, 0) is 81.3 Å². The van der Waals surface area contributed by atoms with Gasteiger partial charge in [-0.15, -0.1) is 0 Å². The molecule has 2 unspecified atom stereocenters. The number of piperazine rings is 1. The molecule has 284 valence electrons. The van der Waals surface area contributed by atoms with Crippen molar-refractivity contribution in [3.8, 4) is 5.88 Å². The van der Waals surface area contributed by atoms with E-state index in [2.05, 4.69) is 84.6 Å². The van der Waals surface area contributed by atoms with Crippen molar-refractivity contribution in [2.24, 2.45) is 0 Å². The number of hydrogen-bond donors (Lipinski definition) is 2. The number of fused-ring (bicyclic) bond motifs is 3. The number of benzene rings is 2. The van der Waals surface area contributed by atoms with Crippen LogP contribution in [0.25, 0.3) is 10.8 Å². The molecule has 4 aromatic rings. The van der Waals surface area contributed by atoms with E-state index in [0.29, 0.717) is 37.3 Å². The molecule has 2 bridgehead atoms. The average Bonchev–Trinajstić information content (AvgIpc) is 3.39. The SMILES string of the molecule is Cc1[nH]c(=O)c2c(O[C@@H](C)C3NCC4CC[C@@H]3N4C(=O)OC(C)(C)C)nc(Cl)c(F)c2c1CCCO[Si](c1ccccc1)(c1ccccc1)C(C)(C)C. The molecule has 0 aliphatic carbocycles. The molecule has 12 heteroatoms. The normalized spacial score (nSPS) is 19.7. The average molecular weight is 763 g/mol. The maximum Gasteiger partial charge on any atom is 0.410 e. The van der Waals surface area contributed by atoms with E-state index >= 15 is 4.39 Å². The van der Waals surface area contributed by atoms with Crippen molar-refractivity contribution >= 4 is 47.2 Å². The molecule has 53 heavy (non-hydrogen) atoms. The number of aromatic amines is 1. The molecule has 2 aliphatic heterocycles. The molecular formula is C41H52ClFN4O5Si. The monoisotopic (exact) mass is 762 g/mol. The zero-order valence-corrected chi connectivity index (χ0v) is 33.8. The fourth-order valence-corrected chi connectivity index (χ4v) is 13.1. The highest BCUT2D eigenvalue weighted by molar-refractivity contribution is 6.99. The Kier molecular flexibility index (Phi) is 11.1. The summed E-state index contributed by atoms with van der Waals surface area (Å²) in [6.45, 7) is 16.9. The summed E-state index contributed by atoms with van der Waals surface area (Å²) in [6, 6.07) is 20.4. The Balaban J connectivity index is 1.28. The van der Waals surface area contributed by atoms with Crippen LogP contribution in [0.5, 0.6) is 5.88 Å². The molecule has 4 atom stereocenters. The van der Waals surface area contributed by atoms with Gasteiger partial charge >= 0.3 is 6.09 Å². The van der Waals surface area contributed by atoms with Gasteiger partial charge in [0.1, 0.15) is 17.1 Å². The Morgan fingerprint density at radius 1 is 1.02 bits per heavy atom. The number of nitrogens with one attached hydrogen (secondary N) is 2. The highest BCUT2D eigenvalue weighted by Crippen LogP contribution is 2.38. The van der Waals surface area contributed by atoms with Gasteiger partial charge in [0.2, 0.25) is 5.88 Å². The van der Waals surface area contributed by atoms with Crippen LogP contribution in [0, 0.1) is 12.7 Å². The van der Waals surface area contributed by atoms with Gasteiger partial charge in [0.25, 0.3) is 13.9 Å². The number of ether oxygens (including phenoxy) is 2. The lowest BCUT2D eigenvalue weighted by Gasteiger charge is -2.43. The highest BCUT2D eigenvalue weighted by Gasteiger charge is 2.50. The van der Waals surface area contributed by atoms with E-state index in [1.807, 2.05) is 44.7 Å². The summed E-state index contributed by atoms with van der Waals surface area (Å²) < 4.78 is 35.4. The van der Waals surface area contributed by atoms with E-state index in [1.54, 1.807) is 6.92 Å². The van der Waals surface area contributed by atoms with Crippen LogP contribution in [0.15, 0.2) is 65.5 Å². The standard InChI is InChI=1S/C41H52ClFN4O5Si/c1-25-30(20-15-23-50-53(41(6,7)8,28-16-11-9-12-17-28)29-18-13-10-14-19-29)32-33(37(48)45-25)38(46-36(42)34(32)43)51-26(2)35-31-22-21-27(24-44-35)47(31)39(49)52-40(3,4)5/h9-14,16-19,26-27,31,35,44H,15,20-24H2,1-8H3,(H,45,48)/t26-,27?,31-,35?/m0/s1. The molecule has 2 aromatic carbocycles. The molecule has 6 rings (SSSR count). The van der Waals surface area contributed by atoms with Crippen LogP contribution in [0.4, 0.5) is 9.18 Å². The van der Waals surface area contributed by atoms with E-state index in [1.165, 1.54) is 10.4 Å². The third kappa shape index (κ3) is 7.63. The molecule has 0 radical (unpaired) electrons. The maximum absolute atomic E-state index is 16.1. The molecule has 2 N–H and O–H groups in total. The summed E-state index contributed by atoms with van der Waals surface area (Å²) in [7, 11) is -2.78. The number of carbonyl (C=O) groups is 1. The van der Waals surface area contributed by atoms with E-state index in [0.717, 1.165) is 12.8 Å². The molecular weight excluding hydrogens is 711 g/mol. The van der Waals surface area contributed by atoms with Crippen LogP contribution in [0.3, 0.4) is 0 Å². The van der Waals surface area contributed by atoms with Crippen LogP contribution in [-0.4, -0.2) is 72.3 Å². The van der Waals surface area contributed by atoms with Crippen LogP contribution in [-0.2, 0) is 15.6 Å². The van der Waals surface area contributed by atoms with E-state index < -0.39 is 31.4 Å². The number of hydrogen-bond acceptors (Lipinski definition) is 7. The first-order valence-electron chi connectivity index (χ1n) is 18.6. The quantitative estimate of drug-likeness (QED) is 0.102. The summed E-state index contributed by atoms with van der Waals surface area (Å²) >= 11 is 6.45. The number of rotatable bonds is 10.